The first-order valence-corrected chi connectivity index (χ1v) is 12.0. The lowest BCUT2D eigenvalue weighted by atomic mass is 9.96. The second-order valence-corrected chi connectivity index (χ2v) is 9.27. The molecule has 0 N–H and O–H groups in total. The van der Waals surface area contributed by atoms with E-state index in [0.29, 0.717) is 19.3 Å². The van der Waals surface area contributed by atoms with Crippen LogP contribution in [0.1, 0.15) is 58.2 Å². The van der Waals surface area contributed by atoms with Crippen LogP contribution in [0.2, 0.25) is 0 Å². The summed E-state index contributed by atoms with van der Waals surface area (Å²) in [5, 5.41) is 4.85. The Morgan fingerprint density at radius 1 is 1.12 bits per heavy atom. The fourth-order valence-corrected chi connectivity index (χ4v) is 3.75. The number of rotatable bonds is 11. The van der Waals surface area contributed by atoms with E-state index in [4.69, 9.17) is 19.3 Å². The molecule has 2 aromatic carbocycles. The van der Waals surface area contributed by atoms with Crippen molar-refractivity contribution in [2.45, 2.75) is 71.8 Å². The minimum atomic E-state index is -0.859. The maximum absolute atomic E-state index is 11.9. The molecule has 4 rings (SSSR count). The topological polar surface area (TPSA) is 62.6 Å². The van der Waals surface area contributed by atoms with Gasteiger partial charge in [0.1, 0.15) is 17.1 Å². The Labute approximate surface area is 201 Å². The Balaban J connectivity index is 1.65. The number of benzene rings is 2. The first kappa shape index (κ1) is 24.0. The summed E-state index contributed by atoms with van der Waals surface area (Å²) in [6.45, 7) is 8.49. The van der Waals surface area contributed by atoms with Crippen LogP contribution < -0.4 is 9.47 Å². The predicted molar refractivity (Wildman–Crippen MR) is 132 cm³/mol. The van der Waals surface area contributed by atoms with Crippen LogP contribution in [0.4, 0.5) is 0 Å². The normalized spacial score (nSPS) is 14.0. The standard InChI is InChI=1S/C28H34N2O4/c1-5-32-27-15-7-6-10-22(27)18-30-26(17-23(29-30)19-33-28(3,4)20(2)31)21-11-8-14-25(16-21)34-24-12-9-13-24/h6-8,10-11,14-17,24H,5,9,12-13,18-19H2,1-4H3. The van der Waals surface area contributed by atoms with Crippen LogP contribution >= 0.6 is 0 Å². The van der Waals surface area contributed by atoms with Crippen LogP contribution in [0, 0.1) is 0 Å². The fourth-order valence-electron chi connectivity index (χ4n) is 3.75. The number of hydrogen-bond acceptors (Lipinski definition) is 5. The molecule has 6 nitrogen and oxygen atoms in total. The van der Waals surface area contributed by atoms with Crippen molar-refractivity contribution < 1.29 is 19.0 Å². The van der Waals surface area contributed by atoms with Crippen LogP contribution in [0.15, 0.2) is 54.6 Å². The zero-order chi connectivity index (χ0) is 24.1. The number of nitrogens with zero attached hydrogens (tertiary/aromatic N) is 2. The molecule has 0 amide bonds. The summed E-state index contributed by atoms with van der Waals surface area (Å²) < 4.78 is 19.9. The Hall–Kier alpha value is -3.12. The molecule has 0 aliphatic heterocycles. The van der Waals surface area contributed by atoms with Crippen molar-refractivity contribution in [3.05, 3.63) is 65.9 Å². The van der Waals surface area contributed by atoms with Crippen LogP contribution in [0.5, 0.6) is 11.5 Å². The molecule has 0 spiro atoms. The van der Waals surface area contributed by atoms with Crippen molar-refractivity contribution in [1.29, 1.82) is 0 Å². The number of carbonyl (C=O) groups is 1. The van der Waals surface area contributed by atoms with Gasteiger partial charge >= 0.3 is 0 Å². The van der Waals surface area contributed by atoms with Crippen LogP contribution in [-0.4, -0.2) is 33.9 Å². The maximum atomic E-state index is 11.9. The van der Waals surface area contributed by atoms with E-state index >= 15 is 0 Å². The fraction of sp³-hybridized carbons (Fsp3) is 0.429. The van der Waals surface area contributed by atoms with Gasteiger partial charge in [-0.15, -0.1) is 0 Å². The summed E-state index contributed by atoms with van der Waals surface area (Å²) >= 11 is 0. The Bertz CT molecular complexity index is 1130. The van der Waals surface area contributed by atoms with Gasteiger partial charge in [0, 0.05) is 11.1 Å². The molecule has 34 heavy (non-hydrogen) atoms. The van der Waals surface area contributed by atoms with Crippen molar-refractivity contribution in [2.24, 2.45) is 0 Å². The van der Waals surface area contributed by atoms with Gasteiger partial charge in [-0.05, 0) is 71.2 Å². The quantitative estimate of drug-likeness (QED) is 0.360. The molecule has 1 aromatic heterocycles. The first-order valence-electron chi connectivity index (χ1n) is 12.0. The Morgan fingerprint density at radius 3 is 2.62 bits per heavy atom. The molecule has 0 saturated heterocycles. The van der Waals surface area contributed by atoms with Crippen molar-refractivity contribution in [3.8, 4) is 22.8 Å². The van der Waals surface area contributed by atoms with Gasteiger partial charge in [-0.25, -0.2) is 0 Å². The third-order valence-electron chi connectivity index (χ3n) is 6.34. The molecule has 180 valence electrons. The molecule has 1 aliphatic rings. The highest BCUT2D eigenvalue weighted by molar-refractivity contribution is 5.83. The lowest BCUT2D eigenvalue weighted by Gasteiger charge is -2.26. The van der Waals surface area contributed by atoms with Crippen molar-refractivity contribution in [3.63, 3.8) is 0 Å². The van der Waals surface area contributed by atoms with E-state index in [1.807, 2.05) is 48.0 Å². The van der Waals surface area contributed by atoms with E-state index in [2.05, 4.69) is 18.2 Å². The highest BCUT2D eigenvalue weighted by Gasteiger charge is 2.25. The highest BCUT2D eigenvalue weighted by Crippen LogP contribution is 2.30. The van der Waals surface area contributed by atoms with Crippen molar-refractivity contribution >= 4 is 5.78 Å². The largest absolute Gasteiger partial charge is 0.494 e. The summed E-state index contributed by atoms with van der Waals surface area (Å²) in [4.78, 5) is 11.9. The third kappa shape index (κ3) is 5.68. The number of Topliss-reactive ketones (excluding diaryl/α,β-unsaturated/α-hetero) is 1. The van der Waals surface area contributed by atoms with Crippen LogP contribution in [-0.2, 0) is 22.7 Å². The van der Waals surface area contributed by atoms with Gasteiger partial charge in [0.15, 0.2) is 5.78 Å². The molecule has 1 fully saturated rings. The smallest absolute Gasteiger partial charge is 0.161 e. The highest BCUT2D eigenvalue weighted by atomic mass is 16.5. The number of aromatic nitrogens is 2. The molecular weight excluding hydrogens is 428 g/mol. The van der Waals surface area contributed by atoms with Gasteiger partial charge in [0.25, 0.3) is 0 Å². The zero-order valence-electron chi connectivity index (χ0n) is 20.5. The molecule has 3 aromatic rings. The second kappa shape index (κ2) is 10.4. The number of ether oxygens (including phenoxy) is 3. The zero-order valence-corrected chi connectivity index (χ0v) is 20.5. The van der Waals surface area contributed by atoms with E-state index in [1.54, 1.807) is 20.8 Å². The average molecular weight is 463 g/mol. The van der Waals surface area contributed by atoms with Crippen LogP contribution in [0.25, 0.3) is 11.3 Å². The molecule has 0 bridgehead atoms. The van der Waals surface area contributed by atoms with Crippen molar-refractivity contribution in [2.75, 3.05) is 6.61 Å². The van der Waals surface area contributed by atoms with Gasteiger partial charge in [0.05, 0.1) is 37.3 Å². The van der Waals surface area contributed by atoms with E-state index < -0.39 is 5.60 Å². The average Bonchev–Trinajstić information content (AvgIpc) is 3.19. The van der Waals surface area contributed by atoms with Gasteiger partial charge in [-0.2, -0.15) is 5.10 Å². The summed E-state index contributed by atoms with van der Waals surface area (Å²) in [7, 11) is 0. The summed E-state index contributed by atoms with van der Waals surface area (Å²) in [6.07, 6.45) is 3.78. The van der Waals surface area contributed by atoms with Gasteiger partial charge in [-0.3, -0.25) is 9.48 Å². The lowest BCUT2D eigenvalue weighted by molar-refractivity contribution is -0.139. The first-order chi connectivity index (χ1) is 16.4. The van der Waals surface area contributed by atoms with E-state index in [-0.39, 0.29) is 12.4 Å². The Morgan fingerprint density at radius 2 is 1.91 bits per heavy atom. The number of hydrogen-bond donors (Lipinski definition) is 0. The lowest BCUT2D eigenvalue weighted by Crippen LogP contribution is -2.32. The second-order valence-electron chi connectivity index (χ2n) is 9.27. The van der Waals surface area contributed by atoms with E-state index in [0.717, 1.165) is 46.9 Å². The van der Waals surface area contributed by atoms with E-state index in [9.17, 15) is 4.79 Å². The molecule has 1 aliphatic carbocycles. The molecule has 0 radical (unpaired) electrons. The van der Waals surface area contributed by atoms with Gasteiger partial charge in [-0.1, -0.05) is 30.3 Å². The minimum absolute atomic E-state index is 0.0151. The molecule has 1 heterocycles. The molecular formula is C28H34N2O4. The van der Waals surface area contributed by atoms with Crippen molar-refractivity contribution in [1.82, 2.24) is 9.78 Å². The SMILES string of the molecule is CCOc1ccccc1Cn1nc(COC(C)(C)C(C)=O)cc1-c1cccc(OC2CCC2)c1. The molecule has 0 atom stereocenters. The molecule has 6 heteroatoms. The Kier molecular flexibility index (Phi) is 7.37. The van der Waals surface area contributed by atoms with E-state index in [1.165, 1.54) is 6.42 Å². The van der Waals surface area contributed by atoms with Gasteiger partial charge < -0.3 is 14.2 Å². The molecule has 1 saturated carbocycles. The van der Waals surface area contributed by atoms with Gasteiger partial charge in [0.2, 0.25) is 0 Å². The van der Waals surface area contributed by atoms with Crippen LogP contribution in [0.3, 0.4) is 0 Å². The number of para-hydroxylation sites is 1. The third-order valence-corrected chi connectivity index (χ3v) is 6.34. The summed E-state index contributed by atoms with van der Waals surface area (Å²) in [6, 6.07) is 18.2. The minimum Gasteiger partial charge on any atom is -0.494 e. The summed E-state index contributed by atoms with van der Waals surface area (Å²) in [5.41, 5.74) is 2.94. The maximum Gasteiger partial charge on any atom is 0.161 e. The number of carbonyl (C=O) groups excluding carboxylic acids is 1. The summed E-state index contributed by atoms with van der Waals surface area (Å²) in [5.74, 6) is 1.71. The predicted octanol–water partition coefficient (Wildman–Crippen LogP) is 5.81. The molecule has 0 unspecified atom stereocenters. The monoisotopic (exact) mass is 462 g/mol. The number of ketones is 1.